The number of H-pyrrole nitrogens is 1. The van der Waals surface area contributed by atoms with Gasteiger partial charge in [-0.05, 0) is 35.9 Å². The van der Waals surface area contributed by atoms with E-state index in [1.807, 2.05) is 35.2 Å². The van der Waals surface area contributed by atoms with Gasteiger partial charge in [-0.3, -0.25) is 9.69 Å². The van der Waals surface area contributed by atoms with Crippen LogP contribution in [0.25, 0.3) is 10.9 Å². The van der Waals surface area contributed by atoms with Crippen LogP contribution in [0.15, 0.2) is 42.5 Å². The molecule has 3 aromatic rings. The molecule has 166 valence electrons. The van der Waals surface area contributed by atoms with Gasteiger partial charge in [-0.1, -0.05) is 12.1 Å². The predicted octanol–water partition coefficient (Wildman–Crippen LogP) is 2.99. The van der Waals surface area contributed by atoms with E-state index in [0.717, 1.165) is 67.0 Å². The number of aromatic nitrogens is 1. The number of methoxy groups -OCH3 is 1. The lowest BCUT2D eigenvalue weighted by molar-refractivity contribution is 0.0341. The maximum absolute atomic E-state index is 13.3. The summed E-state index contributed by atoms with van der Waals surface area (Å²) in [5.74, 6) is -0.319. The van der Waals surface area contributed by atoms with E-state index in [9.17, 15) is 9.59 Å². The molecule has 5 rings (SSSR count). The zero-order valence-electron chi connectivity index (χ0n) is 18.2. The van der Waals surface area contributed by atoms with Gasteiger partial charge in [0.15, 0.2) is 0 Å². The second kappa shape index (κ2) is 8.76. The number of benzene rings is 2. The number of nitrogens with one attached hydrogen (secondary N) is 1. The summed E-state index contributed by atoms with van der Waals surface area (Å²) >= 11 is 0. The Morgan fingerprint density at radius 2 is 1.91 bits per heavy atom. The van der Waals surface area contributed by atoms with Crippen LogP contribution in [0.2, 0.25) is 0 Å². The quantitative estimate of drug-likeness (QED) is 0.641. The van der Waals surface area contributed by atoms with Crippen molar-refractivity contribution in [3.05, 3.63) is 70.4 Å². The molecular weight excluding hydrogens is 406 g/mol. The smallest absolute Gasteiger partial charge is 0.337 e. The molecule has 7 heteroatoms. The van der Waals surface area contributed by atoms with Gasteiger partial charge in [-0.15, -0.1) is 0 Å². The SMILES string of the molecule is COC(=O)c1ccc2[nH]c3c(c2c1)CN(C(=O)c1cccc(CN2CCOCC2)c1)CC3. The van der Waals surface area contributed by atoms with Crippen molar-refractivity contribution >= 4 is 22.8 Å². The van der Waals surface area contributed by atoms with Crippen molar-refractivity contribution in [2.75, 3.05) is 40.0 Å². The summed E-state index contributed by atoms with van der Waals surface area (Å²) in [6, 6.07) is 13.5. The highest BCUT2D eigenvalue weighted by atomic mass is 16.5. The number of hydrogen-bond acceptors (Lipinski definition) is 5. The second-order valence-electron chi connectivity index (χ2n) is 8.40. The number of hydrogen-bond donors (Lipinski definition) is 1. The Morgan fingerprint density at radius 1 is 1.06 bits per heavy atom. The summed E-state index contributed by atoms with van der Waals surface area (Å²) in [6.45, 7) is 5.37. The van der Waals surface area contributed by atoms with E-state index in [1.54, 1.807) is 6.07 Å². The number of nitrogens with zero attached hydrogens (tertiary/aromatic N) is 2. The fourth-order valence-electron chi connectivity index (χ4n) is 4.64. The maximum atomic E-state index is 13.3. The highest BCUT2D eigenvalue weighted by Crippen LogP contribution is 2.29. The number of carbonyl (C=O) groups is 2. The lowest BCUT2D eigenvalue weighted by atomic mass is 10.0. The molecule has 7 nitrogen and oxygen atoms in total. The van der Waals surface area contributed by atoms with Crippen molar-refractivity contribution < 1.29 is 19.1 Å². The van der Waals surface area contributed by atoms with Gasteiger partial charge in [0.2, 0.25) is 0 Å². The normalized spacial score (nSPS) is 16.7. The molecule has 0 saturated carbocycles. The number of amides is 1. The van der Waals surface area contributed by atoms with E-state index in [0.29, 0.717) is 24.2 Å². The van der Waals surface area contributed by atoms with Gasteiger partial charge in [-0.2, -0.15) is 0 Å². The molecule has 2 aromatic carbocycles. The summed E-state index contributed by atoms with van der Waals surface area (Å²) < 4.78 is 10.3. The van der Waals surface area contributed by atoms with Crippen molar-refractivity contribution in [2.45, 2.75) is 19.5 Å². The van der Waals surface area contributed by atoms with E-state index >= 15 is 0 Å². The van der Waals surface area contributed by atoms with Gasteiger partial charge in [-0.25, -0.2) is 4.79 Å². The van der Waals surface area contributed by atoms with E-state index in [2.05, 4.69) is 16.0 Å². The average molecular weight is 434 g/mol. The molecule has 2 aliphatic heterocycles. The minimum atomic E-state index is -0.359. The molecule has 2 aliphatic rings. The lowest BCUT2D eigenvalue weighted by Gasteiger charge is -2.28. The Labute approximate surface area is 186 Å². The van der Waals surface area contributed by atoms with Crippen LogP contribution in [-0.4, -0.2) is 66.6 Å². The highest BCUT2D eigenvalue weighted by Gasteiger charge is 2.25. The zero-order valence-corrected chi connectivity index (χ0v) is 18.2. The fraction of sp³-hybridized carbons (Fsp3) is 0.360. The third-order valence-electron chi connectivity index (χ3n) is 6.37. The van der Waals surface area contributed by atoms with E-state index in [4.69, 9.17) is 9.47 Å². The topological polar surface area (TPSA) is 74.9 Å². The first-order valence-electron chi connectivity index (χ1n) is 11.0. The lowest BCUT2D eigenvalue weighted by Crippen LogP contribution is -2.36. The minimum absolute atomic E-state index is 0.0398. The number of rotatable bonds is 4. The molecule has 0 bridgehead atoms. The van der Waals surface area contributed by atoms with Crippen molar-refractivity contribution in [2.24, 2.45) is 0 Å². The van der Waals surface area contributed by atoms with Gasteiger partial charge in [0.25, 0.3) is 5.91 Å². The fourth-order valence-corrected chi connectivity index (χ4v) is 4.64. The predicted molar refractivity (Wildman–Crippen MR) is 121 cm³/mol. The average Bonchev–Trinajstić information content (AvgIpc) is 3.21. The third-order valence-corrected chi connectivity index (χ3v) is 6.37. The number of ether oxygens (including phenoxy) is 2. The Hall–Kier alpha value is -3.16. The van der Waals surface area contributed by atoms with Gasteiger partial charge in [0, 0.05) is 66.9 Å². The molecule has 0 atom stereocenters. The number of esters is 1. The highest BCUT2D eigenvalue weighted by molar-refractivity contribution is 5.97. The molecule has 1 N–H and O–H groups in total. The maximum Gasteiger partial charge on any atom is 0.337 e. The van der Waals surface area contributed by atoms with Crippen LogP contribution in [0.4, 0.5) is 0 Å². The Morgan fingerprint density at radius 3 is 2.72 bits per heavy atom. The molecule has 1 amide bonds. The summed E-state index contributed by atoms with van der Waals surface area (Å²) in [5, 5.41) is 0.974. The first-order chi connectivity index (χ1) is 15.6. The molecule has 1 aromatic heterocycles. The molecule has 0 spiro atoms. The van der Waals surface area contributed by atoms with Gasteiger partial charge >= 0.3 is 5.97 Å². The molecule has 0 radical (unpaired) electrons. The third kappa shape index (κ3) is 4.01. The van der Waals surface area contributed by atoms with E-state index < -0.39 is 0 Å². The van der Waals surface area contributed by atoms with Crippen LogP contribution < -0.4 is 0 Å². The van der Waals surface area contributed by atoms with Crippen LogP contribution in [0.5, 0.6) is 0 Å². The van der Waals surface area contributed by atoms with Crippen LogP contribution in [0.1, 0.15) is 37.5 Å². The van der Waals surface area contributed by atoms with Crippen LogP contribution in [0.3, 0.4) is 0 Å². The first kappa shape index (κ1) is 20.7. The van der Waals surface area contributed by atoms with E-state index in [-0.39, 0.29) is 11.9 Å². The molecule has 3 heterocycles. The van der Waals surface area contributed by atoms with E-state index in [1.165, 1.54) is 7.11 Å². The van der Waals surface area contributed by atoms with Gasteiger partial charge < -0.3 is 19.4 Å². The monoisotopic (exact) mass is 433 g/mol. The standard InChI is InChI=1S/C25H27N3O4/c1-31-25(30)19-5-6-22-20(14-19)21-16-28(8-7-23(21)26-22)24(29)18-4-2-3-17(13-18)15-27-9-11-32-12-10-27/h2-6,13-14,26H,7-12,15-16H2,1H3. The van der Waals surface area contributed by atoms with Crippen molar-refractivity contribution in [3.8, 4) is 0 Å². The minimum Gasteiger partial charge on any atom is -0.465 e. The number of carbonyl (C=O) groups excluding carboxylic acids is 2. The van der Waals surface area contributed by atoms with Crippen molar-refractivity contribution in [3.63, 3.8) is 0 Å². The molecule has 0 aliphatic carbocycles. The number of aromatic amines is 1. The van der Waals surface area contributed by atoms with Crippen molar-refractivity contribution in [1.82, 2.24) is 14.8 Å². The molecular formula is C25H27N3O4. The van der Waals surface area contributed by atoms with Crippen LogP contribution >= 0.6 is 0 Å². The number of morpholine rings is 1. The summed E-state index contributed by atoms with van der Waals surface area (Å²) in [7, 11) is 1.38. The Balaban J connectivity index is 1.36. The second-order valence-corrected chi connectivity index (χ2v) is 8.40. The number of fused-ring (bicyclic) bond motifs is 3. The Kier molecular flexibility index (Phi) is 5.68. The molecule has 32 heavy (non-hydrogen) atoms. The van der Waals surface area contributed by atoms with Gasteiger partial charge in [0.1, 0.15) is 0 Å². The van der Waals surface area contributed by atoms with Crippen LogP contribution in [-0.2, 0) is 29.0 Å². The van der Waals surface area contributed by atoms with Gasteiger partial charge in [0.05, 0.1) is 25.9 Å². The first-order valence-corrected chi connectivity index (χ1v) is 11.0. The van der Waals surface area contributed by atoms with Crippen LogP contribution in [0, 0.1) is 0 Å². The summed E-state index contributed by atoms with van der Waals surface area (Å²) in [6.07, 6.45) is 0.761. The summed E-state index contributed by atoms with van der Waals surface area (Å²) in [4.78, 5) is 33.0. The Bertz CT molecular complexity index is 1160. The van der Waals surface area contributed by atoms with Crippen molar-refractivity contribution in [1.29, 1.82) is 0 Å². The zero-order chi connectivity index (χ0) is 22.1. The molecule has 1 saturated heterocycles. The largest absolute Gasteiger partial charge is 0.465 e. The molecule has 0 unspecified atom stereocenters. The summed E-state index contributed by atoms with van der Waals surface area (Å²) in [5.41, 5.74) is 5.56. The molecule has 1 fully saturated rings.